The van der Waals surface area contributed by atoms with Crippen LogP contribution in [-0.2, 0) is 0 Å². The van der Waals surface area contributed by atoms with Crippen LogP contribution < -0.4 is 10.5 Å². The molecule has 5 nitrogen and oxygen atoms in total. The summed E-state index contributed by atoms with van der Waals surface area (Å²) in [4.78, 5) is 19.0. The molecule has 0 aliphatic heterocycles. The molecule has 6 heteroatoms. The topological polar surface area (TPSA) is 54.8 Å². The summed E-state index contributed by atoms with van der Waals surface area (Å²) in [6.07, 6.45) is 13.6. The Morgan fingerprint density at radius 2 is 1.91 bits per heavy atom. The normalized spacial score (nSPS) is 16.4. The minimum atomic E-state index is 0.0310. The first-order chi connectivity index (χ1) is 10.4. The summed E-state index contributed by atoms with van der Waals surface area (Å²) in [7, 11) is 7.58. The van der Waals surface area contributed by atoms with Gasteiger partial charge in [0.05, 0.1) is 6.20 Å². The molecule has 0 amide bonds. The molecule has 1 aliphatic rings. The van der Waals surface area contributed by atoms with Crippen molar-refractivity contribution < 1.29 is 0 Å². The Morgan fingerprint density at radius 1 is 1.09 bits per heavy atom. The van der Waals surface area contributed by atoms with Gasteiger partial charge in [-0.2, -0.15) is 4.98 Å². The van der Waals surface area contributed by atoms with Gasteiger partial charge >= 0.3 is 0 Å². The van der Waals surface area contributed by atoms with E-state index in [1.807, 2.05) is 24.1 Å². The lowest BCUT2D eigenvalue weighted by atomic mass is 9.93. The molecular weight excluding hydrogens is 273 g/mol. The van der Waals surface area contributed by atoms with Crippen molar-refractivity contribution in [3.05, 3.63) is 48.5 Å². The predicted molar refractivity (Wildman–Crippen MR) is 89.1 cm³/mol. The molecular formula is C16H16BN5. The number of aromatic nitrogens is 4. The highest BCUT2D eigenvalue weighted by Crippen LogP contribution is 2.24. The maximum atomic E-state index is 5.66. The maximum Gasteiger partial charge on any atom is 0.231 e. The van der Waals surface area contributed by atoms with E-state index in [1.165, 1.54) is 6.20 Å². The van der Waals surface area contributed by atoms with Crippen LogP contribution in [0, 0.1) is 5.41 Å². The summed E-state index contributed by atoms with van der Waals surface area (Å²) in [5.41, 5.74) is 2.49. The van der Waals surface area contributed by atoms with Crippen LogP contribution >= 0.6 is 0 Å². The van der Waals surface area contributed by atoms with Crippen LogP contribution in [-0.4, -0.2) is 34.8 Å². The van der Waals surface area contributed by atoms with E-state index in [-0.39, 0.29) is 5.41 Å². The molecule has 0 saturated carbocycles. The standard InChI is InChI=1S/C16H16BN5/c1-16(2)7-4-5-11(6-8-16)22(3)15-19-9-12-14(21-15)20-13(17)10-18-12/h4-10H,1-3H3. The summed E-state index contributed by atoms with van der Waals surface area (Å²) in [5.74, 6) is 0.552. The molecule has 0 unspecified atom stereocenters. The molecule has 22 heavy (non-hydrogen) atoms. The molecule has 1 aliphatic carbocycles. The lowest BCUT2D eigenvalue weighted by molar-refractivity contribution is 0.626. The summed E-state index contributed by atoms with van der Waals surface area (Å²) < 4.78 is 0. The minimum absolute atomic E-state index is 0.0310. The van der Waals surface area contributed by atoms with Crippen molar-refractivity contribution in [2.24, 2.45) is 5.41 Å². The van der Waals surface area contributed by atoms with Crippen LogP contribution in [0.2, 0.25) is 0 Å². The maximum absolute atomic E-state index is 5.66. The van der Waals surface area contributed by atoms with E-state index in [9.17, 15) is 0 Å². The smallest absolute Gasteiger partial charge is 0.231 e. The Balaban J connectivity index is 1.97. The quantitative estimate of drug-likeness (QED) is 0.787. The Labute approximate surface area is 130 Å². The van der Waals surface area contributed by atoms with Crippen molar-refractivity contribution in [1.29, 1.82) is 0 Å². The number of rotatable bonds is 2. The second-order valence-electron chi connectivity index (χ2n) is 5.84. The molecule has 0 aromatic carbocycles. The van der Waals surface area contributed by atoms with Crippen molar-refractivity contribution in [2.75, 3.05) is 11.9 Å². The van der Waals surface area contributed by atoms with Crippen LogP contribution in [0.25, 0.3) is 11.2 Å². The van der Waals surface area contributed by atoms with Crippen LogP contribution in [0.3, 0.4) is 0 Å². The van der Waals surface area contributed by atoms with Crippen LogP contribution in [0.4, 0.5) is 5.95 Å². The van der Waals surface area contributed by atoms with Gasteiger partial charge in [-0.15, -0.1) is 0 Å². The zero-order chi connectivity index (χ0) is 15.7. The molecule has 0 N–H and O–H groups in total. The van der Waals surface area contributed by atoms with E-state index in [2.05, 4.69) is 52.0 Å². The molecule has 0 saturated heterocycles. The number of fused-ring (bicyclic) bond motifs is 1. The lowest BCUT2D eigenvalue weighted by Crippen LogP contribution is -2.19. The van der Waals surface area contributed by atoms with E-state index in [0.29, 0.717) is 22.7 Å². The first kappa shape index (κ1) is 14.4. The first-order valence-corrected chi connectivity index (χ1v) is 7.02. The molecule has 2 heterocycles. The molecule has 0 spiro atoms. The van der Waals surface area contributed by atoms with Crippen LogP contribution in [0.15, 0.2) is 48.5 Å². The number of hydrogen-bond donors (Lipinski definition) is 0. The van der Waals surface area contributed by atoms with Gasteiger partial charge in [-0.1, -0.05) is 32.1 Å². The minimum Gasteiger partial charge on any atom is -0.314 e. The number of allylic oxidation sites excluding steroid dienone is 5. The van der Waals surface area contributed by atoms with Gasteiger partial charge in [0.25, 0.3) is 0 Å². The second kappa shape index (κ2) is 5.37. The van der Waals surface area contributed by atoms with E-state index in [4.69, 9.17) is 7.85 Å². The fourth-order valence-corrected chi connectivity index (χ4v) is 2.12. The monoisotopic (exact) mass is 289 g/mol. The van der Waals surface area contributed by atoms with Crippen LogP contribution in [0.5, 0.6) is 0 Å². The Kier molecular flexibility index (Phi) is 3.52. The van der Waals surface area contributed by atoms with Crippen molar-refractivity contribution in [2.45, 2.75) is 13.8 Å². The predicted octanol–water partition coefficient (Wildman–Crippen LogP) is 1.69. The number of likely N-dealkylation sites (N-methyl/N-ethyl adjacent to an activating group) is 1. The second-order valence-corrected chi connectivity index (χ2v) is 5.84. The number of hydrogen-bond acceptors (Lipinski definition) is 5. The first-order valence-electron chi connectivity index (χ1n) is 7.02. The van der Waals surface area contributed by atoms with Crippen molar-refractivity contribution in [3.63, 3.8) is 0 Å². The zero-order valence-corrected chi connectivity index (χ0v) is 12.9. The fourth-order valence-electron chi connectivity index (χ4n) is 2.12. The average Bonchev–Trinajstić information content (AvgIpc) is 2.66. The summed E-state index contributed by atoms with van der Waals surface area (Å²) >= 11 is 0. The zero-order valence-electron chi connectivity index (χ0n) is 12.9. The molecule has 2 radical (unpaired) electrons. The van der Waals surface area contributed by atoms with Gasteiger partial charge in [-0.3, -0.25) is 4.98 Å². The summed E-state index contributed by atoms with van der Waals surface area (Å²) in [5, 5.41) is 0. The van der Waals surface area contributed by atoms with E-state index in [0.717, 1.165) is 5.70 Å². The molecule has 2 aromatic rings. The van der Waals surface area contributed by atoms with Gasteiger partial charge in [0.2, 0.25) is 5.95 Å². The highest BCUT2D eigenvalue weighted by molar-refractivity contribution is 6.30. The molecule has 0 fully saturated rings. The van der Waals surface area contributed by atoms with Gasteiger partial charge in [-0.05, 0) is 12.2 Å². The fraction of sp³-hybridized carbons (Fsp3) is 0.250. The van der Waals surface area contributed by atoms with E-state index < -0.39 is 0 Å². The third-order valence-electron chi connectivity index (χ3n) is 3.47. The molecule has 0 atom stereocenters. The highest BCUT2D eigenvalue weighted by Gasteiger charge is 2.14. The Bertz CT molecular complexity index is 807. The number of anilines is 1. The van der Waals surface area contributed by atoms with E-state index in [1.54, 1.807) is 6.20 Å². The Morgan fingerprint density at radius 3 is 2.73 bits per heavy atom. The Hall–Kier alpha value is -2.50. The highest BCUT2D eigenvalue weighted by atomic mass is 15.2. The average molecular weight is 289 g/mol. The van der Waals surface area contributed by atoms with Gasteiger partial charge in [0, 0.05) is 29.9 Å². The van der Waals surface area contributed by atoms with Crippen molar-refractivity contribution >= 4 is 30.6 Å². The summed E-state index contributed by atoms with van der Waals surface area (Å²) in [6.45, 7) is 4.31. The molecule has 3 rings (SSSR count). The van der Waals surface area contributed by atoms with Crippen molar-refractivity contribution in [1.82, 2.24) is 19.9 Å². The third kappa shape index (κ3) is 2.91. The van der Waals surface area contributed by atoms with Gasteiger partial charge in [-0.25, -0.2) is 9.97 Å². The number of nitrogens with zero attached hydrogens (tertiary/aromatic N) is 5. The van der Waals surface area contributed by atoms with Gasteiger partial charge < -0.3 is 4.90 Å². The molecule has 0 bridgehead atoms. The van der Waals surface area contributed by atoms with Gasteiger partial charge in [0.1, 0.15) is 13.4 Å². The van der Waals surface area contributed by atoms with Gasteiger partial charge in [0.15, 0.2) is 5.65 Å². The van der Waals surface area contributed by atoms with Crippen LogP contribution in [0.1, 0.15) is 13.8 Å². The van der Waals surface area contributed by atoms with Crippen molar-refractivity contribution in [3.8, 4) is 0 Å². The molecule has 2 aromatic heterocycles. The summed E-state index contributed by atoms with van der Waals surface area (Å²) in [6, 6.07) is 0. The SMILES string of the molecule is [B]c1cnc2cnc(N(C)C3=CC=CC(C)(C)C=C3)nc2n1. The molecule has 108 valence electrons. The largest absolute Gasteiger partial charge is 0.314 e. The van der Waals surface area contributed by atoms with E-state index >= 15 is 0 Å². The third-order valence-corrected chi connectivity index (χ3v) is 3.47. The lowest BCUT2D eigenvalue weighted by Gasteiger charge is -2.18.